The average molecular weight is 277 g/mol. The van der Waals surface area contributed by atoms with Crippen LogP contribution in [0.4, 0.5) is 4.39 Å². The quantitative estimate of drug-likeness (QED) is 0.931. The number of nitrogens with zero attached hydrogens (tertiary/aromatic N) is 1. The van der Waals surface area contributed by atoms with Crippen molar-refractivity contribution in [3.05, 3.63) is 59.3 Å². The maximum atomic E-state index is 13.0. The summed E-state index contributed by atoms with van der Waals surface area (Å²) in [5.74, 6) is -2.09. The van der Waals surface area contributed by atoms with E-state index in [1.807, 2.05) is 0 Å². The van der Waals surface area contributed by atoms with Crippen molar-refractivity contribution >= 4 is 11.9 Å². The highest BCUT2D eigenvalue weighted by molar-refractivity contribution is 5.95. The molecular weight excluding hydrogens is 265 g/mol. The van der Waals surface area contributed by atoms with Crippen molar-refractivity contribution < 1.29 is 23.5 Å². The van der Waals surface area contributed by atoms with Gasteiger partial charge in [0.1, 0.15) is 12.1 Å². The Morgan fingerprint density at radius 1 is 1.35 bits per heavy atom. The molecule has 1 aromatic carbocycles. The van der Waals surface area contributed by atoms with Crippen LogP contribution in [0.2, 0.25) is 0 Å². The Morgan fingerprint density at radius 3 is 2.70 bits per heavy atom. The summed E-state index contributed by atoms with van der Waals surface area (Å²) < 4.78 is 18.0. The van der Waals surface area contributed by atoms with Crippen molar-refractivity contribution in [1.82, 2.24) is 4.90 Å². The summed E-state index contributed by atoms with van der Waals surface area (Å²) >= 11 is 0. The highest BCUT2D eigenvalue weighted by Gasteiger charge is 2.18. The van der Waals surface area contributed by atoms with Crippen LogP contribution in [0.1, 0.15) is 26.5 Å². The van der Waals surface area contributed by atoms with Crippen molar-refractivity contribution in [3.8, 4) is 0 Å². The third kappa shape index (κ3) is 3.03. The van der Waals surface area contributed by atoms with Crippen LogP contribution >= 0.6 is 0 Å². The summed E-state index contributed by atoms with van der Waals surface area (Å²) in [6.45, 7) is 0.194. The topological polar surface area (TPSA) is 70.8 Å². The van der Waals surface area contributed by atoms with Gasteiger partial charge in [0.2, 0.25) is 0 Å². The molecule has 1 aromatic heterocycles. The Kier molecular flexibility index (Phi) is 3.84. The summed E-state index contributed by atoms with van der Waals surface area (Å²) in [4.78, 5) is 24.0. The molecule has 1 amide bonds. The predicted octanol–water partition coefficient (Wildman–Crippen LogP) is 2.39. The number of rotatable bonds is 4. The SMILES string of the molecule is CN(Cc1cccc(F)c1)C(=O)c1cc(C(=O)O)co1. The molecule has 0 saturated heterocycles. The molecule has 6 heteroatoms. The van der Waals surface area contributed by atoms with Crippen LogP contribution in [-0.2, 0) is 6.54 Å². The standard InChI is InChI=1S/C14H12FNO4/c1-16(7-9-3-2-4-11(15)5-9)13(17)12-6-10(8-20-12)14(18)19/h2-6,8H,7H2,1H3,(H,18,19). The van der Waals surface area contributed by atoms with E-state index in [9.17, 15) is 14.0 Å². The van der Waals surface area contributed by atoms with Crippen molar-refractivity contribution in [2.24, 2.45) is 0 Å². The molecule has 2 rings (SSSR count). The van der Waals surface area contributed by atoms with Gasteiger partial charge in [0.05, 0.1) is 5.56 Å². The molecule has 0 aliphatic heterocycles. The Labute approximate surface area is 114 Å². The average Bonchev–Trinajstić information content (AvgIpc) is 2.87. The van der Waals surface area contributed by atoms with E-state index in [2.05, 4.69) is 0 Å². The second-order valence-electron chi connectivity index (χ2n) is 4.30. The summed E-state index contributed by atoms with van der Waals surface area (Å²) in [6, 6.07) is 7.05. The predicted molar refractivity (Wildman–Crippen MR) is 67.9 cm³/mol. The summed E-state index contributed by atoms with van der Waals surface area (Å²) in [6.07, 6.45) is 1.01. The number of benzene rings is 1. The van der Waals surface area contributed by atoms with Crippen LogP contribution in [0.5, 0.6) is 0 Å². The van der Waals surface area contributed by atoms with E-state index in [0.29, 0.717) is 5.56 Å². The van der Waals surface area contributed by atoms with Gasteiger partial charge in [-0.15, -0.1) is 0 Å². The Bertz CT molecular complexity index is 650. The zero-order valence-electron chi connectivity index (χ0n) is 10.7. The molecule has 20 heavy (non-hydrogen) atoms. The first-order chi connectivity index (χ1) is 9.47. The lowest BCUT2D eigenvalue weighted by Gasteiger charge is -2.15. The van der Waals surface area contributed by atoms with E-state index in [1.165, 1.54) is 24.1 Å². The molecule has 0 fully saturated rings. The lowest BCUT2D eigenvalue weighted by Crippen LogP contribution is -2.25. The highest BCUT2D eigenvalue weighted by Crippen LogP contribution is 2.13. The van der Waals surface area contributed by atoms with E-state index >= 15 is 0 Å². The number of furan rings is 1. The van der Waals surface area contributed by atoms with E-state index in [0.717, 1.165) is 12.3 Å². The zero-order chi connectivity index (χ0) is 14.7. The third-order valence-corrected chi connectivity index (χ3v) is 2.71. The minimum absolute atomic E-state index is 0.0682. The number of hydrogen-bond acceptors (Lipinski definition) is 3. The molecule has 0 spiro atoms. The van der Waals surface area contributed by atoms with Crippen LogP contribution < -0.4 is 0 Å². The Balaban J connectivity index is 2.10. The van der Waals surface area contributed by atoms with Crippen LogP contribution in [0.3, 0.4) is 0 Å². The Hall–Kier alpha value is -2.63. The highest BCUT2D eigenvalue weighted by atomic mass is 19.1. The molecule has 5 nitrogen and oxygen atoms in total. The molecule has 0 bridgehead atoms. The van der Waals surface area contributed by atoms with Crippen molar-refractivity contribution in [1.29, 1.82) is 0 Å². The minimum atomic E-state index is -1.17. The largest absolute Gasteiger partial charge is 0.478 e. The van der Waals surface area contributed by atoms with Gasteiger partial charge in [0.25, 0.3) is 5.91 Å². The summed E-state index contributed by atoms with van der Waals surface area (Å²) in [7, 11) is 1.52. The summed E-state index contributed by atoms with van der Waals surface area (Å²) in [5, 5.41) is 8.76. The normalized spacial score (nSPS) is 10.3. The first kappa shape index (κ1) is 13.8. The van der Waals surface area contributed by atoms with E-state index in [4.69, 9.17) is 9.52 Å². The van der Waals surface area contributed by atoms with Crippen molar-refractivity contribution in [2.75, 3.05) is 7.05 Å². The van der Waals surface area contributed by atoms with Gasteiger partial charge < -0.3 is 14.4 Å². The zero-order valence-corrected chi connectivity index (χ0v) is 10.7. The van der Waals surface area contributed by atoms with Crippen LogP contribution in [-0.4, -0.2) is 28.9 Å². The molecule has 2 aromatic rings. The number of carbonyl (C=O) groups excluding carboxylic acids is 1. The number of carboxylic acid groups (broad SMARTS) is 1. The van der Waals surface area contributed by atoms with Crippen molar-refractivity contribution in [2.45, 2.75) is 6.54 Å². The number of carbonyl (C=O) groups is 2. The molecular formula is C14H12FNO4. The maximum absolute atomic E-state index is 13.0. The fourth-order valence-electron chi connectivity index (χ4n) is 1.73. The molecule has 104 valence electrons. The third-order valence-electron chi connectivity index (χ3n) is 2.71. The molecule has 1 heterocycles. The van der Waals surface area contributed by atoms with E-state index in [1.54, 1.807) is 12.1 Å². The Morgan fingerprint density at radius 2 is 2.10 bits per heavy atom. The molecule has 0 aliphatic rings. The van der Waals surface area contributed by atoms with Gasteiger partial charge in [0.15, 0.2) is 5.76 Å². The van der Waals surface area contributed by atoms with E-state index < -0.39 is 11.9 Å². The fourth-order valence-corrected chi connectivity index (χ4v) is 1.73. The number of amides is 1. The number of hydrogen-bond donors (Lipinski definition) is 1. The monoisotopic (exact) mass is 277 g/mol. The second-order valence-corrected chi connectivity index (χ2v) is 4.30. The van der Waals surface area contributed by atoms with Crippen LogP contribution in [0.15, 0.2) is 41.0 Å². The minimum Gasteiger partial charge on any atom is -0.478 e. The lowest BCUT2D eigenvalue weighted by molar-refractivity contribution is 0.0695. The molecule has 0 saturated carbocycles. The molecule has 1 N–H and O–H groups in total. The van der Waals surface area contributed by atoms with Gasteiger partial charge in [-0.3, -0.25) is 4.79 Å². The second kappa shape index (κ2) is 5.56. The maximum Gasteiger partial charge on any atom is 0.338 e. The fraction of sp³-hybridized carbons (Fsp3) is 0.143. The van der Waals surface area contributed by atoms with Crippen LogP contribution in [0.25, 0.3) is 0 Å². The van der Waals surface area contributed by atoms with Crippen LogP contribution in [0, 0.1) is 5.82 Å². The summed E-state index contributed by atoms with van der Waals surface area (Å²) in [5.41, 5.74) is 0.540. The first-order valence-electron chi connectivity index (χ1n) is 5.79. The molecule has 0 atom stereocenters. The lowest BCUT2D eigenvalue weighted by atomic mass is 10.2. The van der Waals surface area contributed by atoms with Gasteiger partial charge in [0, 0.05) is 19.7 Å². The van der Waals surface area contributed by atoms with Gasteiger partial charge in [-0.1, -0.05) is 12.1 Å². The van der Waals surface area contributed by atoms with Gasteiger partial charge >= 0.3 is 5.97 Å². The first-order valence-corrected chi connectivity index (χ1v) is 5.79. The number of halogens is 1. The smallest absolute Gasteiger partial charge is 0.338 e. The number of aromatic carboxylic acids is 1. The van der Waals surface area contributed by atoms with E-state index in [-0.39, 0.29) is 23.7 Å². The number of carboxylic acids is 1. The van der Waals surface area contributed by atoms with Gasteiger partial charge in [-0.25, -0.2) is 9.18 Å². The van der Waals surface area contributed by atoms with Gasteiger partial charge in [-0.2, -0.15) is 0 Å². The van der Waals surface area contributed by atoms with Gasteiger partial charge in [-0.05, 0) is 17.7 Å². The molecule has 0 unspecified atom stereocenters. The molecule has 0 aliphatic carbocycles. The molecule has 0 radical (unpaired) electrons. The van der Waals surface area contributed by atoms with Crippen molar-refractivity contribution in [3.63, 3.8) is 0 Å².